The van der Waals surface area contributed by atoms with Crippen LogP contribution in [-0.4, -0.2) is 21.1 Å². The van der Waals surface area contributed by atoms with Crippen LogP contribution in [0.1, 0.15) is 17.3 Å². The molecule has 5 heteroatoms. The fraction of sp³-hybridized carbons (Fsp3) is 0.182. The maximum absolute atomic E-state index is 13.0. The Morgan fingerprint density at radius 3 is 2.94 bits per heavy atom. The topological polar surface area (TPSA) is 47.8 Å². The molecule has 0 aromatic carbocycles. The van der Waals surface area contributed by atoms with E-state index in [1.165, 1.54) is 12.3 Å². The molecule has 0 fully saturated rings. The van der Waals surface area contributed by atoms with Crippen LogP contribution < -0.4 is 0 Å². The summed E-state index contributed by atoms with van der Waals surface area (Å²) < 4.78 is 14.6. The van der Waals surface area contributed by atoms with Gasteiger partial charge in [0.25, 0.3) is 0 Å². The Morgan fingerprint density at radius 2 is 2.31 bits per heavy atom. The van der Waals surface area contributed by atoms with E-state index in [0.717, 1.165) is 6.20 Å². The van der Waals surface area contributed by atoms with E-state index in [1.807, 2.05) is 6.92 Å². The maximum atomic E-state index is 13.0. The van der Waals surface area contributed by atoms with Gasteiger partial charge in [0, 0.05) is 24.5 Å². The molecule has 0 radical (unpaired) electrons. The highest BCUT2D eigenvalue weighted by Crippen LogP contribution is 2.20. The molecule has 0 unspecified atom stereocenters. The van der Waals surface area contributed by atoms with Crippen molar-refractivity contribution >= 4 is 6.29 Å². The van der Waals surface area contributed by atoms with Gasteiger partial charge >= 0.3 is 0 Å². The second kappa shape index (κ2) is 4.22. The molecule has 16 heavy (non-hydrogen) atoms. The molecule has 0 aliphatic carbocycles. The normalized spacial score (nSPS) is 10.4. The smallest absolute Gasteiger partial charge is 0.153 e. The van der Waals surface area contributed by atoms with Gasteiger partial charge in [-0.05, 0) is 13.0 Å². The predicted molar refractivity (Wildman–Crippen MR) is 56.5 cm³/mol. The van der Waals surface area contributed by atoms with Crippen molar-refractivity contribution < 1.29 is 9.18 Å². The number of hydrogen-bond acceptors (Lipinski definition) is 3. The van der Waals surface area contributed by atoms with Gasteiger partial charge in [0.05, 0.1) is 11.8 Å². The average Bonchev–Trinajstić information content (AvgIpc) is 2.72. The molecular formula is C11H10FN3O. The zero-order valence-electron chi connectivity index (χ0n) is 8.72. The Kier molecular flexibility index (Phi) is 2.76. The summed E-state index contributed by atoms with van der Waals surface area (Å²) in [6.45, 7) is 2.57. The highest BCUT2D eigenvalue weighted by atomic mass is 19.1. The van der Waals surface area contributed by atoms with Crippen LogP contribution in [0.25, 0.3) is 11.3 Å². The van der Waals surface area contributed by atoms with Crippen LogP contribution in [0.15, 0.2) is 24.7 Å². The minimum Gasteiger partial charge on any atom is -0.298 e. The van der Waals surface area contributed by atoms with Crippen molar-refractivity contribution in [2.24, 2.45) is 0 Å². The molecule has 0 saturated carbocycles. The van der Waals surface area contributed by atoms with Crippen molar-refractivity contribution in [2.45, 2.75) is 13.5 Å². The number of hydrogen-bond donors (Lipinski definition) is 0. The molecule has 4 nitrogen and oxygen atoms in total. The third-order valence-corrected chi connectivity index (χ3v) is 2.22. The van der Waals surface area contributed by atoms with E-state index in [-0.39, 0.29) is 0 Å². The van der Waals surface area contributed by atoms with E-state index >= 15 is 0 Å². The Hall–Kier alpha value is -2.04. The highest BCUT2D eigenvalue weighted by Gasteiger charge is 2.10. The van der Waals surface area contributed by atoms with Gasteiger partial charge in [-0.25, -0.2) is 4.39 Å². The monoisotopic (exact) mass is 219 g/mol. The van der Waals surface area contributed by atoms with E-state index < -0.39 is 5.82 Å². The molecule has 0 aliphatic heterocycles. The third-order valence-electron chi connectivity index (χ3n) is 2.22. The first-order valence-electron chi connectivity index (χ1n) is 4.88. The highest BCUT2D eigenvalue weighted by molar-refractivity contribution is 5.85. The van der Waals surface area contributed by atoms with Crippen LogP contribution in [0.4, 0.5) is 4.39 Å². The number of rotatable bonds is 3. The zero-order valence-corrected chi connectivity index (χ0v) is 8.72. The average molecular weight is 219 g/mol. The minimum absolute atomic E-state index is 0.439. The Balaban J connectivity index is 2.54. The van der Waals surface area contributed by atoms with Crippen LogP contribution in [-0.2, 0) is 6.54 Å². The van der Waals surface area contributed by atoms with E-state index in [2.05, 4.69) is 10.1 Å². The molecule has 2 heterocycles. The predicted octanol–water partition coefficient (Wildman–Crippen LogP) is 1.92. The van der Waals surface area contributed by atoms with E-state index in [9.17, 15) is 9.18 Å². The summed E-state index contributed by atoms with van der Waals surface area (Å²) in [7, 11) is 0. The lowest BCUT2D eigenvalue weighted by Gasteiger charge is -1.97. The number of carbonyl (C=O) groups excluding carboxylic acids is 1. The summed E-state index contributed by atoms with van der Waals surface area (Å²) in [6.07, 6.45) is 4.94. The molecule has 2 aromatic rings. The van der Waals surface area contributed by atoms with Gasteiger partial charge in [-0.15, -0.1) is 0 Å². The number of pyridine rings is 1. The summed E-state index contributed by atoms with van der Waals surface area (Å²) in [5.74, 6) is -0.444. The van der Waals surface area contributed by atoms with Crippen LogP contribution in [0.5, 0.6) is 0 Å². The molecular weight excluding hydrogens is 209 g/mol. The first-order chi connectivity index (χ1) is 7.74. The maximum Gasteiger partial charge on any atom is 0.153 e. The standard InChI is InChI=1S/C11H10FN3O/c1-2-15-6-9(7-16)11(14-15)8-3-10(12)5-13-4-8/h3-7H,2H2,1H3. The molecule has 2 aromatic heterocycles. The second-order valence-corrected chi connectivity index (χ2v) is 3.30. The van der Waals surface area contributed by atoms with Crippen molar-refractivity contribution in [1.82, 2.24) is 14.8 Å². The fourth-order valence-electron chi connectivity index (χ4n) is 1.45. The lowest BCUT2D eigenvalue weighted by atomic mass is 10.1. The Morgan fingerprint density at radius 1 is 1.50 bits per heavy atom. The minimum atomic E-state index is -0.444. The summed E-state index contributed by atoms with van der Waals surface area (Å²) >= 11 is 0. The molecule has 0 saturated heterocycles. The summed E-state index contributed by atoms with van der Waals surface area (Å²) in [5.41, 5.74) is 1.41. The first-order valence-corrected chi connectivity index (χ1v) is 4.88. The van der Waals surface area contributed by atoms with E-state index in [1.54, 1.807) is 10.9 Å². The van der Waals surface area contributed by atoms with Gasteiger partial charge in [0.1, 0.15) is 11.5 Å². The van der Waals surface area contributed by atoms with Gasteiger partial charge in [0.2, 0.25) is 0 Å². The first kappa shape index (κ1) is 10.5. The number of aryl methyl sites for hydroxylation is 1. The Bertz CT molecular complexity index is 522. The van der Waals surface area contributed by atoms with Crippen molar-refractivity contribution in [3.8, 4) is 11.3 Å². The van der Waals surface area contributed by atoms with Gasteiger partial charge < -0.3 is 0 Å². The molecule has 0 bridgehead atoms. The van der Waals surface area contributed by atoms with Crippen molar-refractivity contribution in [2.75, 3.05) is 0 Å². The molecule has 0 aliphatic rings. The number of nitrogens with zero attached hydrogens (tertiary/aromatic N) is 3. The number of aldehydes is 1. The van der Waals surface area contributed by atoms with Crippen LogP contribution in [0.2, 0.25) is 0 Å². The SMILES string of the molecule is CCn1cc(C=O)c(-c2cncc(F)c2)n1. The van der Waals surface area contributed by atoms with Gasteiger partial charge in [-0.1, -0.05) is 0 Å². The zero-order chi connectivity index (χ0) is 11.5. The quantitative estimate of drug-likeness (QED) is 0.741. The summed E-state index contributed by atoms with van der Waals surface area (Å²) in [4.78, 5) is 14.6. The molecule has 2 rings (SSSR count). The lowest BCUT2D eigenvalue weighted by Crippen LogP contribution is -1.94. The molecule has 0 amide bonds. The number of carbonyl (C=O) groups is 1. The molecule has 82 valence electrons. The second-order valence-electron chi connectivity index (χ2n) is 3.30. The third kappa shape index (κ3) is 1.84. The van der Waals surface area contributed by atoms with Gasteiger partial charge in [-0.3, -0.25) is 14.5 Å². The Labute approximate surface area is 91.7 Å². The van der Waals surface area contributed by atoms with Crippen LogP contribution in [0, 0.1) is 5.82 Å². The molecule has 0 N–H and O–H groups in total. The van der Waals surface area contributed by atoms with Crippen LogP contribution in [0.3, 0.4) is 0 Å². The lowest BCUT2D eigenvalue weighted by molar-refractivity contribution is 0.112. The molecule has 0 atom stereocenters. The van der Waals surface area contributed by atoms with E-state index in [0.29, 0.717) is 29.7 Å². The fourth-order valence-corrected chi connectivity index (χ4v) is 1.45. The van der Waals surface area contributed by atoms with Crippen molar-refractivity contribution in [3.05, 3.63) is 36.0 Å². The van der Waals surface area contributed by atoms with Gasteiger partial charge in [-0.2, -0.15) is 5.10 Å². The molecule has 0 spiro atoms. The largest absolute Gasteiger partial charge is 0.298 e. The summed E-state index contributed by atoms with van der Waals surface area (Å²) in [6, 6.07) is 1.31. The van der Waals surface area contributed by atoms with Gasteiger partial charge in [0.15, 0.2) is 6.29 Å². The van der Waals surface area contributed by atoms with Crippen LogP contribution >= 0.6 is 0 Å². The summed E-state index contributed by atoms with van der Waals surface area (Å²) in [5, 5.41) is 4.19. The number of aromatic nitrogens is 3. The van der Waals surface area contributed by atoms with Crippen molar-refractivity contribution in [3.63, 3.8) is 0 Å². The number of halogens is 1. The van der Waals surface area contributed by atoms with Crippen molar-refractivity contribution in [1.29, 1.82) is 0 Å². The van der Waals surface area contributed by atoms with E-state index in [4.69, 9.17) is 0 Å².